The first kappa shape index (κ1) is 14.8. The standard InChI is InChI=1S/C18H17FN4O/c1-10-7-14(12-6-5-11(19)8-16(12)21-10)18(24)20-9-17-13-3-2-4-15(13)22-23-17/h5-8H,2-4,9H2,1H3,(H,20,24)(H,22,23). The zero-order valence-electron chi connectivity index (χ0n) is 13.3. The van der Waals surface area contributed by atoms with Crippen molar-refractivity contribution in [2.45, 2.75) is 32.7 Å². The van der Waals surface area contributed by atoms with E-state index in [4.69, 9.17) is 0 Å². The van der Waals surface area contributed by atoms with E-state index in [-0.39, 0.29) is 11.7 Å². The van der Waals surface area contributed by atoms with Crippen molar-refractivity contribution in [3.8, 4) is 0 Å². The van der Waals surface area contributed by atoms with Gasteiger partial charge in [0.05, 0.1) is 23.3 Å². The lowest BCUT2D eigenvalue weighted by Crippen LogP contribution is -2.24. The van der Waals surface area contributed by atoms with Crippen LogP contribution in [0.15, 0.2) is 24.3 Å². The summed E-state index contributed by atoms with van der Waals surface area (Å²) in [4.78, 5) is 16.9. The van der Waals surface area contributed by atoms with E-state index in [1.54, 1.807) is 19.1 Å². The van der Waals surface area contributed by atoms with Gasteiger partial charge in [-0.05, 0) is 49.9 Å². The van der Waals surface area contributed by atoms with Gasteiger partial charge < -0.3 is 5.32 Å². The van der Waals surface area contributed by atoms with Gasteiger partial charge in [0.2, 0.25) is 0 Å². The van der Waals surface area contributed by atoms with Crippen LogP contribution in [0, 0.1) is 12.7 Å². The summed E-state index contributed by atoms with van der Waals surface area (Å²) in [6.45, 7) is 2.18. The van der Waals surface area contributed by atoms with Gasteiger partial charge in [-0.15, -0.1) is 0 Å². The molecule has 0 unspecified atom stereocenters. The number of benzene rings is 1. The monoisotopic (exact) mass is 324 g/mol. The van der Waals surface area contributed by atoms with Crippen molar-refractivity contribution < 1.29 is 9.18 Å². The zero-order chi connectivity index (χ0) is 16.7. The minimum atomic E-state index is -0.362. The summed E-state index contributed by atoms with van der Waals surface area (Å²) in [5.41, 5.74) is 4.98. The normalized spacial score (nSPS) is 13.2. The van der Waals surface area contributed by atoms with E-state index in [0.717, 1.165) is 25.0 Å². The molecule has 2 aromatic heterocycles. The maximum atomic E-state index is 13.4. The quantitative estimate of drug-likeness (QED) is 0.778. The van der Waals surface area contributed by atoms with Crippen molar-refractivity contribution in [1.82, 2.24) is 20.5 Å². The molecule has 1 amide bonds. The molecule has 3 aromatic rings. The first-order valence-corrected chi connectivity index (χ1v) is 8.02. The minimum absolute atomic E-state index is 0.202. The molecule has 122 valence electrons. The number of aromatic amines is 1. The number of halogens is 1. The van der Waals surface area contributed by atoms with Gasteiger partial charge in [0.15, 0.2) is 0 Å². The van der Waals surface area contributed by atoms with E-state index < -0.39 is 0 Å². The molecule has 2 N–H and O–H groups in total. The highest BCUT2D eigenvalue weighted by Gasteiger charge is 2.19. The molecule has 4 rings (SSSR count). The molecule has 0 fully saturated rings. The summed E-state index contributed by atoms with van der Waals surface area (Å²) >= 11 is 0. The van der Waals surface area contributed by atoms with Gasteiger partial charge in [-0.1, -0.05) is 0 Å². The molecule has 0 bridgehead atoms. The highest BCUT2D eigenvalue weighted by atomic mass is 19.1. The van der Waals surface area contributed by atoms with Crippen LogP contribution in [-0.2, 0) is 19.4 Å². The summed E-state index contributed by atoms with van der Waals surface area (Å²) in [5, 5.41) is 10.9. The van der Waals surface area contributed by atoms with Crippen molar-refractivity contribution in [1.29, 1.82) is 0 Å². The summed E-state index contributed by atoms with van der Waals surface area (Å²) in [6, 6.07) is 6.01. The second-order valence-electron chi connectivity index (χ2n) is 6.14. The van der Waals surface area contributed by atoms with Crippen LogP contribution < -0.4 is 5.32 Å². The Balaban J connectivity index is 1.61. The summed E-state index contributed by atoms with van der Waals surface area (Å²) in [7, 11) is 0. The van der Waals surface area contributed by atoms with Crippen LogP contribution in [0.1, 0.15) is 39.4 Å². The average Bonchev–Trinajstić information content (AvgIpc) is 3.15. The van der Waals surface area contributed by atoms with Crippen LogP contribution in [0.2, 0.25) is 0 Å². The molecule has 24 heavy (non-hydrogen) atoms. The van der Waals surface area contributed by atoms with Gasteiger partial charge in [-0.25, -0.2) is 4.39 Å². The third-order valence-corrected chi connectivity index (χ3v) is 4.45. The Morgan fingerprint density at radius 2 is 2.21 bits per heavy atom. The topological polar surface area (TPSA) is 70.7 Å². The average molecular weight is 324 g/mol. The molecular weight excluding hydrogens is 307 g/mol. The van der Waals surface area contributed by atoms with Gasteiger partial charge in [0, 0.05) is 22.8 Å². The highest BCUT2D eigenvalue weighted by Crippen LogP contribution is 2.23. The summed E-state index contributed by atoms with van der Waals surface area (Å²) < 4.78 is 13.4. The number of nitrogens with zero attached hydrogens (tertiary/aromatic N) is 2. The number of fused-ring (bicyclic) bond motifs is 2. The number of nitrogens with one attached hydrogen (secondary N) is 2. The summed E-state index contributed by atoms with van der Waals surface area (Å²) in [6.07, 6.45) is 3.16. The molecule has 0 aliphatic heterocycles. The second kappa shape index (κ2) is 5.70. The van der Waals surface area contributed by atoms with E-state index >= 15 is 0 Å². The Morgan fingerprint density at radius 3 is 3.08 bits per heavy atom. The molecule has 5 nitrogen and oxygen atoms in total. The zero-order valence-corrected chi connectivity index (χ0v) is 13.3. The number of amides is 1. The number of carbonyl (C=O) groups is 1. The predicted octanol–water partition coefficient (Wildman–Crippen LogP) is 2.82. The predicted molar refractivity (Wildman–Crippen MR) is 88.2 cm³/mol. The SMILES string of the molecule is Cc1cc(C(=O)NCc2n[nH]c3c2CCC3)c2ccc(F)cc2n1. The third-order valence-electron chi connectivity index (χ3n) is 4.45. The number of H-pyrrole nitrogens is 1. The van der Waals surface area contributed by atoms with Crippen LogP contribution in [0.5, 0.6) is 0 Å². The lowest BCUT2D eigenvalue weighted by atomic mass is 10.1. The molecule has 1 aromatic carbocycles. The summed E-state index contributed by atoms with van der Waals surface area (Å²) in [5.74, 6) is -0.564. The third kappa shape index (κ3) is 2.54. The van der Waals surface area contributed by atoms with Crippen molar-refractivity contribution in [3.63, 3.8) is 0 Å². The molecule has 0 saturated heterocycles. The van der Waals surface area contributed by atoms with E-state index in [1.165, 1.54) is 23.4 Å². The van der Waals surface area contributed by atoms with Gasteiger partial charge in [0.1, 0.15) is 5.82 Å². The van der Waals surface area contributed by atoms with E-state index in [1.807, 2.05) is 0 Å². The number of hydrogen-bond acceptors (Lipinski definition) is 3. The van der Waals surface area contributed by atoms with E-state index in [2.05, 4.69) is 20.5 Å². The van der Waals surface area contributed by atoms with Gasteiger partial charge in [-0.2, -0.15) is 5.10 Å². The smallest absolute Gasteiger partial charge is 0.252 e. The van der Waals surface area contributed by atoms with Gasteiger partial charge >= 0.3 is 0 Å². The lowest BCUT2D eigenvalue weighted by molar-refractivity contribution is 0.0952. The van der Waals surface area contributed by atoms with E-state index in [0.29, 0.717) is 28.7 Å². The first-order chi connectivity index (χ1) is 11.6. The maximum Gasteiger partial charge on any atom is 0.252 e. The Morgan fingerprint density at radius 1 is 1.33 bits per heavy atom. The van der Waals surface area contributed by atoms with Crippen molar-refractivity contribution in [2.75, 3.05) is 0 Å². The van der Waals surface area contributed by atoms with Crippen molar-refractivity contribution >= 4 is 16.8 Å². The molecule has 0 radical (unpaired) electrons. The highest BCUT2D eigenvalue weighted by molar-refractivity contribution is 6.06. The lowest BCUT2D eigenvalue weighted by Gasteiger charge is -2.09. The van der Waals surface area contributed by atoms with Crippen LogP contribution in [-0.4, -0.2) is 21.1 Å². The Kier molecular flexibility index (Phi) is 3.52. The number of aryl methyl sites for hydroxylation is 2. The number of aromatic nitrogens is 3. The minimum Gasteiger partial charge on any atom is -0.346 e. The molecular formula is C18H17FN4O. The van der Waals surface area contributed by atoms with Crippen LogP contribution in [0.4, 0.5) is 4.39 Å². The van der Waals surface area contributed by atoms with E-state index in [9.17, 15) is 9.18 Å². The number of rotatable bonds is 3. The number of carbonyl (C=O) groups excluding carboxylic acids is 1. The first-order valence-electron chi connectivity index (χ1n) is 8.02. The molecule has 0 spiro atoms. The molecule has 0 atom stereocenters. The van der Waals surface area contributed by atoms with Crippen molar-refractivity contribution in [3.05, 3.63) is 58.3 Å². The number of pyridine rings is 1. The van der Waals surface area contributed by atoms with Gasteiger partial charge in [-0.3, -0.25) is 14.9 Å². The molecule has 0 saturated carbocycles. The fraction of sp³-hybridized carbons (Fsp3) is 0.278. The fourth-order valence-corrected chi connectivity index (χ4v) is 3.32. The Bertz CT molecular complexity index is 942. The van der Waals surface area contributed by atoms with Crippen molar-refractivity contribution in [2.24, 2.45) is 0 Å². The van der Waals surface area contributed by atoms with Gasteiger partial charge in [0.25, 0.3) is 5.91 Å². The Labute approximate surface area is 138 Å². The van der Waals surface area contributed by atoms with Crippen LogP contribution in [0.25, 0.3) is 10.9 Å². The second-order valence-corrected chi connectivity index (χ2v) is 6.14. The molecule has 2 heterocycles. The van der Waals surface area contributed by atoms with Crippen LogP contribution in [0.3, 0.4) is 0 Å². The molecule has 1 aliphatic rings. The Hall–Kier alpha value is -2.76. The fourth-order valence-electron chi connectivity index (χ4n) is 3.32. The van der Waals surface area contributed by atoms with Crippen LogP contribution >= 0.6 is 0 Å². The number of hydrogen-bond donors (Lipinski definition) is 2. The largest absolute Gasteiger partial charge is 0.346 e. The molecule has 6 heteroatoms. The molecule has 1 aliphatic carbocycles. The maximum absolute atomic E-state index is 13.4.